The van der Waals surface area contributed by atoms with Gasteiger partial charge in [-0.25, -0.2) is 8.42 Å². The number of halogens is 2. The van der Waals surface area contributed by atoms with Crippen LogP contribution in [0.3, 0.4) is 0 Å². The number of benzene rings is 3. The zero-order valence-corrected chi connectivity index (χ0v) is 27.5. The van der Waals surface area contributed by atoms with E-state index in [1.165, 1.54) is 68.3 Å². The molecule has 0 fully saturated rings. The Balaban J connectivity index is 2.12. The van der Waals surface area contributed by atoms with E-state index in [1.807, 2.05) is 0 Å². The van der Waals surface area contributed by atoms with Crippen LogP contribution in [0, 0.1) is 17.0 Å². The predicted octanol–water partition coefficient (Wildman–Crippen LogP) is 5.75. The van der Waals surface area contributed by atoms with Gasteiger partial charge in [-0.2, -0.15) is 0 Å². The lowest BCUT2D eigenvalue weighted by Crippen LogP contribution is -2.54. The molecule has 11 nitrogen and oxygen atoms in total. The highest BCUT2D eigenvalue weighted by molar-refractivity contribution is 7.92. The van der Waals surface area contributed by atoms with Crippen LogP contribution in [-0.2, 0) is 26.2 Å². The van der Waals surface area contributed by atoms with Crippen molar-refractivity contribution in [2.24, 2.45) is 0 Å². The molecule has 1 N–H and O–H groups in total. The van der Waals surface area contributed by atoms with Crippen molar-refractivity contribution in [3.63, 3.8) is 0 Å². The molecule has 3 aromatic carbocycles. The first kappa shape index (κ1) is 34.6. The van der Waals surface area contributed by atoms with Gasteiger partial charge in [0.2, 0.25) is 11.8 Å². The van der Waals surface area contributed by atoms with Crippen LogP contribution in [0.5, 0.6) is 5.75 Å². The lowest BCUT2D eigenvalue weighted by Gasteiger charge is -2.33. The summed E-state index contributed by atoms with van der Waals surface area (Å²) in [5.41, 5.74) is -0.160. The highest BCUT2D eigenvalue weighted by Crippen LogP contribution is 2.30. The Morgan fingerprint density at radius 3 is 2.23 bits per heavy atom. The van der Waals surface area contributed by atoms with Crippen LogP contribution in [0.25, 0.3) is 0 Å². The molecule has 0 heterocycles. The Kier molecular flexibility index (Phi) is 10.9. The minimum atomic E-state index is -4.54. The number of nitro groups is 1. The number of aryl methyl sites for hydroxylation is 1. The lowest BCUT2D eigenvalue weighted by molar-refractivity contribution is -0.385. The van der Waals surface area contributed by atoms with Crippen LogP contribution in [0.4, 0.5) is 11.4 Å². The Bertz CT molecular complexity index is 1660. The van der Waals surface area contributed by atoms with Gasteiger partial charge in [0.1, 0.15) is 18.3 Å². The van der Waals surface area contributed by atoms with Crippen molar-refractivity contribution in [2.45, 2.75) is 57.6 Å². The summed E-state index contributed by atoms with van der Waals surface area (Å²) in [4.78, 5) is 39.1. The van der Waals surface area contributed by atoms with Crippen LogP contribution in [0.1, 0.15) is 38.8 Å². The van der Waals surface area contributed by atoms with E-state index in [1.54, 1.807) is 32.9 Å². The van der Waals surface area contributed by atoms with E-state index in [0.717, 1.165) is 10.4 Å². The van der Waals surface area contributed by atoms with Gasteiger partial charge < -0.3 is 15.0 Å². The largest absolute Gasteiger partial charge is 0.497 e. The molecule has 0 aliphatic carbocycles. The molecule has 0 bridgehead atoms. The van der Waals surface area contributed by atoms with Gasteiger partial charge in [-0.05, 0) is 82.6 Å². The lowest BCUT2D eigenvalue weighted by atomic mass is 10.1. The maximum atomic E-state index is 14.1. The fourth-order valence-corrected chi connectivity index (χ4v) is 6.14. The maximum Gasteiger partial charge on any atom is 0.273 e. The van der Waals surface area contributed by atoms with Crippen LogP contribution in [-0.4, -0.2) is 55.3 Å². The third-order valence-electron chi connectivity index (χ3n) is 6.63. The number of nitrogens with one attached hydrogen (secondary N) is 1. The number of anilines is 1. The van der Waals surface area contributed by atoms with E-state index >= 15 is 0 Å². The zero-order valence-electron chi connectivity index (χ0n) is 25.1. The zero-order chi connectivity index (χ0) is 33.0. The summed E-state index contributed by atoms with van der Waals surface area (Å²) in [5.74, 6) is -0.757. The van der Waals surface area contributed by atoms with Crippen molar-refractivity contribution in [1.82, 2.24) is 10.2 Å². The number of carbonyl (C=O) groups is 2. The second-order valence-corrected chi connectivity index (χ2v) is 13.8. The molecule has 0 spiro atoms. The number of nitrogens with zero attached hydrogens (tertiary/aromatic N) is 3. The number of rotatable bonds is 11. The monoisotopic (exact) mass is 664 g/mol. The van der Waals surface area contributed by atoms with Gasteiger partial charge >= 0.3 is 0 Å². The minimum absolute atomic E-state index is 0.0960. The third kappa shape index (κ3) is 8.40. The first-order chi connectivity index (χ1) is 20.4. The van der Waals surface area contributed by atoms with Crippen molar-refractivity contribution in [2.75, 3.05) is 18.0 Å². The van der Waals surface area contributed by atoms with E-state index in [0.29, 0.717) is 16.3 Å². The SMILES string of the molecule is COc1ccc(N(CC(=O)N(Cc2ccc(Cl)cc2Cl)C(C)C(=O)NC(C)(C)C)S(=O)(=O)c2ccc(C)c([N+](=O)[O-])c2)cc1. The smallest absolute Gasteiger partial charge is 0.273 e. The van der Waals surface area contributed by atoms with Crippen LogP contribution in [0.2, 0.25) is 10.0 Å². The van der Waals surface area contributed by atoms with Crippen molar-refractivity contribution >= 4 is 56.4 Å². The first-order valence-corrected chi connectivity index (χ1v) is 15.6. The summed E-state index contributed by atoms with van der Waals surface area (Å²) in [6, 6.07) is 13.1. The number of amides is 2. The fraction of sp³-hybridized carbons (Fsp3) is 0.333. The normalized spacial score (nSPS) is 12.3. The van der Waals surface area contributed by atoms with Gasteiger partial charge in [0.05, 0.1) is 22.6 Å². The molecule has 44 heavy (non-hydrogen) atoms. The summed E-state index contributed by atoms with van der Waals surface area (Å²) in [5, 5.41) is 15.1. The molecule has 0 aliphatic heterocycles. The van der Waals surface area contributed by atoms with E-state index < -0.39 is 50.6 Å². The second-order valence-electron chi connectivity index (χ2n) is 11.1. The third-order valence-corrected chi connectivity index (χ3v) is 8.98. The number of nitro benzene ring substituents is 1. The number of sulfonamides is 1. The molecule has 0 saturated heterocycles. The summed E-state index contributed by atoms with van der Waals surface area (Å²) >= 11 is 12.5. The van der Waals surface area contributed by atoms with E-state index in [-0.39, 0.29) is 27.7 Å². The highest BCUT2D eigenvalue weighted by Gasteiger charge is 2.34. The van der Waals surface area contributed by atoms with Gasteiger partial charge in [-0.3, -0.25) is 24.0 Å². The van der Waals surface area contributed by atoms with Crippen LogP contribution >= 0.6 is 23.2 Å². The quantitative estimate of drug-likeness (QED) is 0.203. The molecule has 0 aromatic heterocycles. The van der Waals surface area contributed by atoms with Gasteiger partial charge in [-0.1, -0.05) is 35.3 Å². The van der Waals surface area contributed by atoms with E-state index in [2.05, 4.69) is 5.32 Å². The first-order valence-electron chi connectivity index (χ1n) is 13.4. The fourth-order valence-electron chi connectivity index (χ4n) is 4.24. The van der Waals surface area contributed by atoms with Gasteiger partial charge in [-0.15, -0.1) is 0 Å². The number of carbonyl (C=O) groups excluding carboxylic acids is 2. The Hall–Kier alpha value is -3.87. The minimum Gasteiger partial charge on any atom is -0.497 e. The molecule has 236 valence electrons. The number of ether oxygens (including phenoxy) is 1. The Morgan fingerprint density at radius 2 is 1.68 bits per heavy atom. The number of hydrogen-bond acceptors (Lipinski definition) is 7. The van der Waals surface area contributed by atoms with E-state index in [9.17, 15) is 28.1 Å². The molecule has 0 aliphatic rings. The van der Waals surface area contributed by atoms with Crippen molar-refractivity contribution in [3.05, 3.63) is 92.0 Å². The average Bonchev–Trinajstić information content (AvgIpc) is 2.94. The second kappa shape index (κ2) is 13.8. The van der Waals surface area contributed by atoms with Crippen molar-refractivity contribution < 1.29 is 27.7 Å². The molecular weight excluding hydrogens is 631 g/mol. The highest BCUT2D eigenvalue weighted by atomic mass is 35.5. The van der Waals surface area contributed by atoms with Crippen LogP contribution < -0.4 is 14.4 Å². The Morgan fingerprint density at radius 1 is 1.05 bits per heavy atom. The average molecular weight is 666 g/mol. The summed E-state index contributed by atoms with van der Waals surface area (Å²) in [7, 11) is -3.09. The predicted molar refractivity (Wildman–Crippen MR) is 170 cm³/mol. The molecule has 3 aromatic rings. The van der Waals surface area contributed by atoms with Crippen molar-refractivity contribution in [1.29, 1.82) is 0 Å². The van der Waals surface area contributed by atoms with Gasteiger partial charge in [0.25, 0.3) is 15.7 Å². The molecule has 1 atom stereocenters. The summed E-state index contributed by atoms with van der Waals surface area (Å²) < 4.78 is 34.2. The maximum absolute atomic E-state index is 14.1. The summed E-state index contributed by atoms with van der Waals surface area (Å²) in [6.45, 7) is 7.51. The summed E-state index contributed by atoms with van der Waals surface area (Å²) in [6.07, 6.45) is 0. The molecule has 0 radical (unpaired) electrons. The molecule has 3 rings (SSSR count). The van der Waals surface area contributed by atoms with E-state index in [4.69, 9.17) is 27.9 Å². The van der Waals surface area contributed by atoms with Gasteiger partial charge in [0.15, 0.2) is 0 Å². The molecule has 2 amide bonds. The number of hydrogen-bond donors (Lipinski definition) is 1. The van der Waals surface area contributed by atoms with Crippen molar-refractivity contribution in [3.8, 4) is 5.75 Å². The molecule has 14 heteroatoms. The standard InChI is InChI=1S/C30H34Cl2N4O7S/c1-19-7-14-25(16-27(19)36(39)40)44(41,42)35(23-10-12-24(43-6)13-11-23)18-28(37)34(20(2)29(38)33-30(3,4)5)17-21-8-9-22(31)15-26(21)32/h7-16,20H,17-18H2,1-6H3,(H,33,38). The molecular formula is C30H34Cl2N4O7S. The Labute approximate surface area is 266 Å². The van der Waals surface area contributed by atoms with Crippen LogP contribution in [0.15, 0.2) is 65.6 Å². The molecule has 1 unspecified atom stereocenters. The molecule has 0 saturated carbocycles. The number of methoxy groups -OCH3 is 1. The van der Waals surface area contributed by atoms with Gasteiger partial charge in [0, 0.05) is 33.8 Å². The topological polar surface area (TPSA) is 139 Å².